The maximum atomic E-state index is 12.5. The fourth-order valence-corrected chi connectivity index (χ4v) is 3.66. The van der Waals surface area contributed by atoms with Crippen LogP contribution < -0.4 is 5.32 Å². The number of rotatable bonds is 5. The first-order valence-corrected chi connectivity index (χ1v) is 9.80. The first-order valence-electron chi connectivity index (χ1n) is 9.80. The summed E-state index contributed by atoms with van der Waals surface area (Å²) in [6.45, 7) is 3.37. The average Bonchev–Trinajstić information content (AvgIpc) is 3.29. The number of furan rings is 1. The number of esters is 1. The van der Waals surface area contributed by atoms with E-state index in [1.54, 1.807) is 19.2 Å². The van der Waals surface area contributed by atoms with Gasteiger partial charge in [-0.3, -0.25) is 9.78 Å². The number of nitrogens with zero attached hydrogens (tertiary/aromatic N) is 2. The summed E-state index contributed by atoms with van der Waals surface area (Å²) in [6.07, 6.45) is 6.11. The highest BCUT2D eigenvalue weighted by Gasteiger charge is 2.26. The number of piperidine rings is 1. The van der Waals surface area contributed by atoms with Crippen LogP contribution in [0.3, 0.4) is 0 Å². The van der Waals surface area contributed by atoms with E-state index in [0.717, 1.165) is 29.4 Å². The molecule has 1 saturated heterocycles. The van der Waals surface area contributed by atoms with E-state index in [2.05, 4.69) is 10.3 Å². The van der Waals surface area contributed by atoms with Crippen molar-refractivity contribution in [3.63, 3.8) is 0 Å². The van der Waals surface area contributed by atoms with Crippen molar-refractivity contribution in [3.8, 4) is 0 Å². The molecule has 1 aromatic carbocycles. The Morgan fingerprint density at radius 2 is 2.03 bits per heavy atom. The topological polar surface area (TPSA) is 84.7 Å². The molecule has 0 spiro atoms. The van der Waals surface area contributed by atoms with E-state index in [-0.39, 0.29) is 17.9 Å². The van der Waals surface area contributed by atoms with Crippen LogP contribution in [0.4, 0.5) is 5.69 Å². The second-order valence-electron chi connectivity index (χ2n) is 7.01. The molecule has 150 valence electrons. The highest BCUT2D eigenvalue weighted by Crippen LogP contribution is 2.29. The highest BCUT2D eigenvalue weighted by atomic mass is 16.5. The Labute approximate surface area is 168 Å². The summed E-state index contributed by atoms with van der Waals surface area (Å²) >= 11 is 0. The van der Waals surface area contributed by atoms with Gasteiger partial charge in [0, 0.05) is 30.7 Å². The molecular formula is C22H23N3O4. The molecule has 1 aliphatic rings. The van der Waals surface area contributed by atoms with Gasteiger partial charge in [-0.1, -0.05) is 18.2 Å². The number of nitrogens with one attached hydrogen (secondary N) is 1. The van der Waals surface area contributed by atoms with E-state index < -0.39 is 0 Å². The zero-order chi connectivity index (χ0) is 20.2. The number of hydrogen-bond donors (Lipinski definition) is 1. The van der Waals surface area contributed by atoms with Gasteiger partial charge in [0.15, 0.2) is 0 Å². The van der Waals surface area contributed by atoms with Crippen LogP contribution in [0.1, 0.15) is 40.5 Å². The van der Waals surface area contributed by atoms with E-state index in [9.17, 15) is 9.59 Å². The van der Waals surface area contributed by atoms with Gasteiger partial charge in [-0.15, -0.1) is 0 Å². The lowest BCUT2D eigenvalue weighted by atomic mass is 10.0. The zero-order valence-corrected chi connectivity index (χ0v) is 16.3. The smallest absolute Gasteiger partial charge is 0.341 e. The van der Waals surface area contributed by atoms with Gasteiger partial charge in [-0.2, -0.15) is 0 Å². The van der Waals surface area contributed by atoms with E-state index in [1.165, 1.54) is 12.5 Å². The van der Waals surface area contributed by atoms with E-state index in [1.807, 2.05) is 29.2 Å². The van der Waals surface area contributed by atoms with Gasteiger partial charge in [0.05, 0.1) is 29.6 Å². The van der Waals surface area contributed by atoms with Crippen molar-refractivity contribution in [3.05, 3.63) is 60.2 Å². The van der Waals surface area contributed by atoms with Crippen LogP contribution in [0.25, 0.3) is 10.9 Å². The molecule has 1 amide bonds. The number of hydrogen-bond acceptors (Lipinski definition) is 6. The highest BCUT2D eigenvalue weighted by molar-refractivity contribution is 6.05. The van der Waals surface area contributed by atoms with E-state index in [4.69, 9.17) is 9.15 Å². The largest absolute Gasteiger partial charge is 0.472 e. The van der Waals surface area contributed by atoms with E-state index >= 15 is 0 Å². The first kappa shape index (κ1) is 19.0. The van der Waals surface area contributed by atoms with Crippen molar-refractivity contribution in [2.75, 3.05) is 25.0 Å². The van der Waals surface area contributed by atoms with Crippen LogP contribution in [-0.2, 0) is 4.74 Å². The number of amides is 1. The zero-order valence-electron chi connectivity index (χ0n) is 16.3. The van der Waals surface area contributed by atoms with Crippen LogP contribution in [0.2, 0.25) is 0 Å². The molecule has 4 rings (SSSR count). The van der Waals surface area contributed by atoms with Gasteiger partial charge in [0.1, 0.15) is 11.8 Å². The molecule has 0 saturated carbocycles. The number of ether oxygens (including phenoxy) is 1. The fraction of sp³-hybridized carbons (Fsp3) is 0.318. The van der Waals surface area contributed by atoms with Crippen molar-refractivity contribution in [2.45, 2.75) is 25.8 Å². The van der Waals surface area contributed by atoms with Crippen LogP contribution in [0, 0.1) is 0 Å². The van der Waals surface area contributed by atoms with Gasteiger partial charge >= 0.3 is 5.97 Å². The number of carbonyl (C=O) groups is 2. The molecule has 7 heteroatoms. The van der Waals surface area contributed by atoms with Gasteiger partial charge < -0.3 is 19.4 Å². The van der Waals surface area contributed by atoms with Crippen LogP contribution >= 0.6 is 0 Å². The summed E-state index contributed by atoms with van der Waals surface area (Å²) in [5.41, 5.74) is 2.56. The molecule has 0 bridgehead atoms. The van der Waals surface area contributed by atoms with E-state index in [0.29, 0.717) is 30.8 Å². The summed E-state index contributed by atoms with van der Waals surface area (Å²) in [7, 11) is 0. The molecule has 3 heterocycles. The maximum absolute atomic E-state index is 12.5. The Morgan fingerprint density at radius 3 is 2.76 bits per heavy atom. The lowest BCUT2D eigenvalue weighted by molar-refractivity contribution is 0.0527. The van der Waals surface area contributed by atoms with Crippen molar-refractivity contribution in [2.24, 2.45) is 0 Å². The van der Waals surface area contributed by atoms with Gasteiger partial charge in [0.25, 0.3) is 5.91 Å². The molecule has 1 aliphatic heterocycles. The number of carbonyl (C=O) groups excluding carboxylic acids is 2. The van der Waals surface area contributed by atoms with Crippen LogP contribution in [0.15, 0.2) is 53.5 Å². The Morgan fingerprint density at radius 1 is 1.24 bits per heavy atom. The molecule has 29 heavy (non-hydrogen) atoms. The second-order valence-corrected chi connectivity index (χ2v) is 7.01. The number of benzene rings is 1. The molecule has 0 aliphatic carbocycles. The van der Waals surface area contributed by atoms with Gasteiger partial charge in [0.2, 0.25) is 0 Å². The summed E-state index contributed by atoms with van der Waals surface area (Å²) in [5.74, 6) is -0.403. The quantitative estimate of drug-likeness (QED) is 0.665. The molecule has 1 fully saturated rings. The number of aromatic nitrogens is 1. The number of fused-ring (bicyclic) bond motifs is 1. The SMILES string of the molecule is CCOC(=O)c1cnc2ccccc2c1NC1CCN(C(=O)c2ccoc2)CC1. The van der Waals surface area contributed by atoms with Crippen molar-refractivity contribution in [1.82, 2.24) is 9.88 Å². The molecule has 7 nitrogen and oxygen atoms in total. The normalized spacial score (nSPS) is 14.7. The molecular weight excluding hydrogens is 370 g/mol. The Kier molecular flexibility index (Phi) is 5.46. The van der Waals surface area contributed by atoms with Gasteiger partial charge in [-0.25, -0.2) is 4.79 Å². The minimum absolute atomic E-state index is 0.0150. The Hall–Kier alpha value is -3.35. The predicted molar refractivity (Wildman–Crippen MR) is 109 cm³/mol. The molecule has 3 aromatic rings. The predicted octanol–water partition coefficient (Wildman–Crippen LogP) is 3.72. The lowest BCUT2D eigenvalue weighted by Crippen LogP contribution is -2.42. The minimum Gasteiger partial charge on any atom is -0.472 e. The van der Waals surface area contributed by atoms with Crippen molar-refractivity contribution >= 4 is 28.5 Å². The van der Waals surface area contributed by atoms with Crippen LogP contribution in [0.5, 0.6) is 0 Å². The Bertz CT molecular complexity index is 1010. The minimum atomic E-state index is -0.388. The molecule has 0 atom stereocenters. The number of likely N-dealkylation sites (tertiary alicyclic amines) is 1. The van der Waals surface area contributed by atoms with Crippen LogP contribution in [-0.4, -0.2) is 47.5 Å². The summed E-state index contributed by atoms with van der Waals surface area (Å²) in [4.78, 5) is 31.2. The molecule has 0 unspecified atom stereocenters. The summed E-state index contributed by atoms with van der Waals surface area (Å²) in [5, 5.41) is 4.41. The number of anilines is 1. The standard InChI is InChI=1S/C22H23N3O4/c1-2-29-22(27)18-13-23-19-6-4-3-5-17(19)20(18)24-16-7-10-25(11-8-16)21(26)15-9-12-28-14-15/h3-6,9,12-14,16H,2,7-8,10-11H2,1H3,(H,23,24). The lowest BCUT2D eigenvalue weighted by Gasteiger charge is -2.33. The average molecular weight is 393 g/mol. The Balaban J connectivity index is 1.53. The molecule has 1 N–H and O–H groups in total. The second kappa shape index (κ2) is 8.34. The fourth-order valence-electron chi connectivity index (χ4n) is 3.66. The third kappa shape index (κ3) is 3.94. The third-order valence-corrected chi connectivity index (χ3v) is 5.17. The summed E-state index contributed by atoms with van der Waals surface area (Å²) < 4.78 is 10.2. The number of para-hydroxylation sites is 1. The van der Waals surface area contributed by atoms with Gasteiger partial charge in [-0.05, 0) is 31.9 Å². The first-order chi connectivity index (χ1) is 14.2. The monoisotopic (exact) mass is 393 g/mol. The summed E-state index contributed by atoms with van der Waals surface area (Å²) in [6, 6.07) is 9.54. The van der Waals surface area contributed by atoms with Crippen molar-refractivity contribution < 1.29 is 18.7 Å². The molecule has 0 radical (unpaired) electrons. The molecule has 2 aromatic heterocycles. The maximum Gasteiger partial charge on any atom is 0.341 e. The third-order valence-electron chi connectivity index (χ3n) is 5.17. The van der Waals surface area contributed by atoms with Crippen molar-refractivity contribution in [1.29, 1.82) is 0 Å². The number of pyridine rings is 1.